The highest BCUT2D eigenvalue weighted by molar-refractivity contribution is 5.79. The highest BCUT2D eigenvalue weighted by Crippen LogP contribution is 2.08. The third kappa shape index (κ3) is 4.03. The number of benzene rings is 2. The van der Waals surface area contributed by atoms with Crippen molar-refractivity contribution in [1.29, 1.82) is 0 Å². The zero-order valence-corrected chi connectivity index (χ0v) is 13.9. The fourth-order valence-electron chi connectivity index (χ4n) is 2.54. The van der Waals surface area contributed by atoms with Gasteiger partial charge in [-0.15, -0.1) is 0 Å². The largest absolute Gasteiger partial charge is 0.492 e. The van der Waals surface area contributed by atoms with Crippen molar-refractivity contribution in [3.8, 4) is 5.75 Å². The van der Waals surface area contributed by atoms with Crippen LogP contribution in [0.5, 0.6) is 5.75 Å². The van der Waals surface area contributed by atoms with Crippen molar-refractivity contribution in [2.45, 2.75) is 13.5 Å². The van der Waals surface area contributed by atoms with E-state index in [1.807, 2.05) is 36.4 Å². The molecule has 0 atom stereocenters. The summed E-state index contributed by atoms with van der Waals surface area (Å²) in [6.45, 7) is 2.38. The van der Waals surface area contributed by atoms with Crippen LogP contribution < -0.4 is 15.6 Å². The Hall–Kier alpha value is -3.15. The summed E-state index contributed by atoms with van der Waals surface area (Å²) in [7, 11) is 0. The maximum atomic E-state index is 12.5. The first-order chi connectivity index (χ1) is 12.1. The van der Waals surface area contributed by atoms with E-state index in [9.17, 15) is 9.59 Å². The normalized spacial score (nSPS) is 10.6. The molecule has 2 aromatic carbocycles. The van der Waals surface area contributed by atoms with E-state index in [1.54, 1.807) is 25.1 Å². The van der Waals surface area contributed by atoms with E-state index in [2.05, 4.69) is 10.3 Å². The smallest absolute Gasteiger partial charge is 0.261 e. The fourth-order valence-corrected chi connectivity index (χ4v) is 2.54. The van der Waals surface area contributed by atoms with Crippen LogP contribution in [0.25, 0.3) is 10.9 Å². The first kappa shape index (κ1) is 16.7. The van der Waals surface area contributed by atoms with Crippen LogP contribution in [0.3, 0.4) is 0 Å². The molecule has 0 saturated heterocycles. The Morgan fingerprint density at radius 1 is 1.12 bits per heavy atom. The minimum atomic E-state index is -0.251. The summed E-state index contributed by atoms with van der Waals surface area (Å²) in [6, 6.07) is 16.5. The molecule has 1 aromatic heterocycles. The van der Waals surface area contributed by atoms with Crippen molar-refractivity contribution in [3.63, 3.8) is 0 Å². The lowest BCUT2D eigenvalue weighted by atomic mass is 10.2. The van der Waals surface area contributed by atoms with Crippen LogP contribution in [0, 0.1) is 6.92 Å². The summed E-state index contributed by atoms with van der Waals surface area (Å²) in [5.41, 5.74) is 0.428. The van der Waals surface area contributed by atoms with Gasteiger partial charge in [0.2, 0.25) is 5.91 Å². The standard InChI is InChI=1S/C19H19N3O3/c1-14-21-17-10-6-5-9-16(17)19(24)22(14)13-18(23)20-11-12-25-15-7-3-2-4-8-15/h2-10H,11-13H2,1H3,(H,20,23). The van der Waals surface area contributed by atoms with Crippen LogP contribution in [0.4, 0.5) is 0 Å². The molecule has 25 heavy (non-hydrogen) atoms. The molecule has 0 saturated carbocycles. The van der Waals surface area contributed by atoms with Crippen molar-refractivity contribution in [2.24, 2.45) is 0 Å². The van der Waals surface area contributed by atoms with Gasteiger partial charge in [-0.05, 0) is 31.2 Å². The maximum absolute atomic E-state index is 12.5. The second-order valence-corrected chi connectivity index (χ2v) is 5.58. The molecule has 0 spiro atoms. The van der Waals surface area contributed by atoms with Gasteiger partial charge in [0, 0.05) is 0 Å². The number of nitrogens with one attached hydrogen (secondary N) is 1. The average molecular weight is 337 g/mol. The van der Waals surface area contributed by atoms with Gasteiger partial charge in [-0.2, -0.15) is 0 Å². The van der Waals surface area contributed by atoms with E-state index >= 15 is 0 Å². The van der Waals surface area contributed by atoms with Gasteiger partial charge in [0.25, 0.3) is 5.56 Å². The summed E-state index contributed by atoms with van der Waals surface area (Å²) in [5.74, 6) is 1.01. The number of aromatic nitrogens is 2. The summed E-state index contributed by atoms with van der Waals surface area (Å²) in [5, 5.41) is 3.26. The number of para-hydroxylation sites is 2. The predicted molar refractivity (Wildman–Crippen MR) is 95.7 cm³/mol. The second-order valence-electron chi connectivity index (χ2n) is 5.58. The van der Waals surface area contributed by atoms with Crippen LogP contribution in [0.1, 0.15) is 5.82 Å². The number of aryl methyl sites for hydroxylation is 1. The molecular weight excluding hydrogens is 318 g/mol. The van der Waals surface area contributed by atoms with E-state index < -0.39 is 0 Å². The topological polar surface area (TPSA) is 73.2 Å². The zero-order chi connectivity index (χ0) is 17.6. The molecule has 1 N–H and O–H groups in total. The third-order valence-corrected chi connectivity index (χ3v) is 3.79. The predicted octanol–water partition coefficient (Wildman–Crippen LogP) is 1.90. The number of carbonyl (C=O) groups excluding carboxylic acids is 1. The van der Waals surface area contributed by atoms with E-state index in [-0.39, 0.29) is 18.0 Å². The number of ether oxygens (including phenoxy) is 1. The average Bonchev–Trinajstić information content (AvgIpc) is 2.63. The van der Waals surface area contributed by atoms with Crippen LogP contribution in [0.2, 0.25) is 0 Å². The molecule has 3 aromatic rings. The van der Waals surface area contributed by atoms with Crippen LogP contribution in [-0.2, 0) is 11.3 Å². The molecule has 0 radical (unpaired) electrons. The quantitative estimate of drug-likeness (QED) is 0.697. The van der Waals surface area contributed by atoms with Crippen LogP contribution >= 0.6 is 0 Å². The third-order valence-electron chi connectivity index (χ3n) is 3.79. The first-order valence-corrected chi connectivity index (χ1v) is 8.06. The molecule has 0 unspecified atom stereocenters. The number of amides is 1. The number of fused-ring (bicyclic) bond motifs is 1. The molecule has 0 fully saturated rings. The SMILES string of the molecule is Cc1nc2ccccc2c(=O)n1CC(=O)NCCOc1ccccc1. The Morgan fingerprint density at radius 2 is 1.84 bits per heavy atom. The molecule has 0 aliphatic heterocycles. The van der Waals surface area contributed by atoms with E-state index in [1.165, 1.54) is 4.57 Å². The molecule has 6 nitrogen and oxygen atoms in total. The number of hydrogen-bond donors (Lipinski definition) is 1. The lowest BCUT2D eigenvalue weighted by Crippen LogP contribution is -2.35. The lowest BCUT2D eigenvalue weighted by Gasteiger charge is -2.11. The molecule has 0 bridgehead atoms. The number of hydrogen-bond acceptors (Lipinski definition) is 4. The van der Waals surface area contributed by atoms with E-state index in [0.29, 0.717) is 29.9 Å². The molecule has 1 amide bonds. The van der Waals surface area contributed by atoms with Crippen molar-refractivity contribution < 1.29 is 9.53 Å². The summed E-state index contributed by atoms with van der Waals surface area (Å²) >= 11 is 0. The Morgan fingerprint density at radius 3 is 2.64 bits per heavy atom. The Bertz CT molecular complexity index is 936. The van der Waals surface area contributed by atoms with Crippen molar-refractivity contribution in [3.05, 3.63) is 70.8 Å². The highest BCUT2D eigenvalue weighted by atomic mass is 16.5. The maximum Gasteiger partial charge on any atom is 0.261 e. The van der Waals surface area contributed by atoms with Crippen molar-refractivity contribution in [2.75, 3.05) is 13.2 Å². The molecule has 0 aliphatic rings. The number of nitrogens with zero attached hydrogens (tertiary/aromatic N) is 2. The van der Waals surface area contributed by atoms with Gasteiger partial charge >= 0.3 is 0 Å². The molecule has 0 aliphatic carbocycles. The van der Waals surface area contributed by atoms with Gasteiger partial charge in [0.1, 0.15) is 24.7 Å². The lowest BCUT2D eigenvalue weighted by molar-refractivity contribution is -0.121. The highest BCUT2D eigenvalue weighted by Gasteiger charge is 2.11. The Labute approximate surface area is 145 Å². The Kier molecular flexibility index (Phi) is 5.09. The zero-order valence-electron chi connectivity index (χ0n) is 13.9. The van der Waals surface area contributed by atoms with Gasteiger partial charge < -0.3 is 10.1 Å². The summed E-state index contributed by atoms with van der Waals surface area (Å²) in [6.07, 6.45) is 0. The van der Waals surface area contributed by atoms with Gasteiger partial charge in [0.05, 0.1) is 17.4 Å². The van der Waals surface area contributed by atoms with Gasteiger partial charge in [-0.3, -0.25) is 14.2 Å². The first-order valence-electron chi connectivity index (χ1n) is 8.06. The van der Waals surface area contributed by atoms with Crippen molar-refractivity contribution in [1.82, 2.24) is 14.9 Å². The molecule has 128 valence electrons. The summed E-state index contributed by atoms with van der Waals surface area (Å²) < 4.78 is 6.90. The Balaban J connectivity index is 1.59. The molecule has 1 heterocycles. The molecular formula is C19H19N3O3. The van der Waals surface area contributed by atoms with Gasteiger partial charge in [-0.25, -0.2) is 4.98 Å². The number of carbonyl (C=O) groups is 1. The van der Waals surface area contributed by atoms with Crippen LogP contribution in [-0.4, -0.2) is 28.6 Å². The van der Waals surface area contributed by atoms with Crippen LogP contribution in [0.15, 0.2) is 59.4 Å². The van der Waals surface area contributed by atoms with Gasteiger partial charge in [0.15, 0.2) is 0 Å². The molecule has 6 heteroatoms. The summed E-state index contributed by atoms with van der Waals surface area (Å²) in [4.78, 5) is 29.0. The monoisotopic (exact) mass is 337 g/mol. The van der Waals surface area contributed by atoms with E-state index in [4.69, 9.17) is 4.74 Å². The van der Waals surface area contributed by atoms with E-state index in [0.717, 1.165) is 5.75 Å². The minimum absolute atomic E-state index is 0.0617. The van der Waals surface area contributed by atoms with Crippen molar-refractivity contribution >= 4 is 16.8 Å². The number of rotatable bonds is 6. The second kappa shape index (κ2) is 7.61. The minimum Gasteiger partial charge on any atom is -0.492 e. The fraction of sp³-hybridized carbons (Fsp3) is 0.211. The van der Waals surface area contributed by atoms with Gasteiger partial charge in [-0.1, -0.05) is 30.3 Å². The molecule has 3 rings (SSSR count).